The lowest BCUT2D eigenvalue weighted by atomic mass is 9.91. The van der Waals surface area contributed by atoms with Crippen LogP contribution in [0.5, 0.6) is 23.0 Å². The van der Waals surface area contributed by atoms with E-state index in [9.17, 15) is 19.8 Å². The van der Waals surface area contributed by atoms with Crippen molar-refractivity contribution in [3.63, 3.8) is 0 Å². The molecule has 2 aromatic rings. The molecule has 0 aliphatic carbocycles. The van der Waals surface area contributed by atoms with Gasteiger partial charge in [-0.1, -0.05) is 6.08 Å². The number of carbonyl (C=O) groups excluding carboxylic acids is 1. The lowest BCUT2D eigenvalue weighted by Crippen LogP contribution is -2.22. The molecule has 1 aromatic carbocycles. The maximum absolute atomic E-state index is 12.5. The van der Waals surface area contributed by atoms with Gasteiger partial charge in [-0.15, -0.1) is 0 Å². The van der Waals surface area contributed by atoms with Gasteiger partial charge in [-0.2, -0.15) is 0 Å². The summed E-state index contributed by atoms with van der Waals surface area (Å²) in [6, 6.07) is 1.45. The van der Waals surface area contributed by atoms with E-state index in [2.05, 4.69) is 0 Å². The van der Waals surface area contributed by atoms with E-state index in [1.54, 1.807) is 19.1 Å². The number of hydrogen-bond acceptors (Lipinski definition) is 8. The van der Waals surface area contributed by atoms with Gasteiger partial charge in [-0.3, -0.25) is 4.79 Å². The van der Waals surface area contributed by atoms with Crippen molar-refractivity contribution in [3.8, 4) is 34.1 Å². The number of benzene rings is 1. The van der Waals surface area contributed by atoms with Crippen LogP contribution in [0.3, 0.4) is 0 Å². The van der Waals surface area contributed by atoms with Gasteiger partial charge in [0.25, 0.3) is 0 Å². The Bertz CT molecular complexity index is 970. The van der Waals surface area contributed by atoms with E-state index in [0.717, 1.165) is 0 Å². The van der Waals surface area contributed by atoms with Crippen LogP contribution in [-0.4, -0.2) is 30.7 Å². The van der Waals surface area contributed by atoms with Crippen LogP contribution in [-0.2, 0) is 4.74 Å². The highest BCUT2D eigenvalue weighted by Gasteiger charge is 2.38. The van der Waals surface area contributed by atoms with Crippen LogP contribution in [0, 0.1) is 0 Å². The van der Waals surface area contributed by atoms with Gasteiger partial charge < -0.3 is 28.8 Å². The molecule has 0 spiro atoms. The molecule has 2 heterocycles. The van der Waals surface area contributed by atoms with Crippen molar-refractivity contribution in [1.29, 1.82) is 0 Å². The molecule has 0 unspecified atom stereocenters. The molecule has 3 rings (SSSR count). The lowest BCUT2D eigenvalue weighted by molar-refractivity contribution is -0.0587. The zero-order valence-electron chi connectivity index (χ0n) is 14.2. The number of phenols is 2. The summed E-state index contributed by atoms with van der Waals surface area (Å²) in [5, 5.41) is 20.7. The van der Waals surface area contributed by atoms with Gasteiger partial charge in [0.05, 0.1) is 12.7 Å². The predicted molar refractivity (Wildman–Crippen MR) is 90.8 cm³/mol. The number of rotatable bonds is 4. The maximum Gasteiger partial charge on any atom is 0.348 e. The van der Waals surface area contributed by atoms with Gasteiger partial charge in [0.15, 0.2) is 17.8 Å². The molecule has 8 heteroatoms. The molecule has 136 valence electrons. The molecule has 0 saturated carbocycles. The third kappa shape index (κ3) is 2.42. The SMILES string of the molecule is C/C=C/c1cc2c(c(=O)o1)-c1c(O)c(O)c(OC)c(C=O)c1[C@H](OC)O2. The Kier molecular flexibility index (Phi) is 4.43. The average Bonchev–Trinajstić information content (AvgIpc) is 2.63. The Morgan fingerprint density at radius 1 is 1.19 bits per heavy atom. The second-order valence-electron chi connectivity index (χ2n) is 5.41. The fourth-order valence-electron chi connectivity index (χ4n) is 2.95. The predicted octanol–water partition coefficient (Wildman–Crippen LogP) is 2.61. The fourth-order valence-corrected chi connectivity index (χ4v) is 2.95. The van der Waals surface area contributed by atoms with Gasteiger partial charge in [0, 0.05) is 24.3 Å². The van der Waals surface area contributed by atoms with E-state index in [-0.39, 0.29) is 39.5 Å². The highest BCUT2D eigenvalue weighted by atomic mass is 16.7. The van der Waals surface area contributed by atoms with E-state index in [0.29, 0.717) is 6.29 Å². The topological polar surface area (TPSA) is 115 Å². The minimum absolute atomic E-state index is 0.0632. The van der Waals surface area contributed by atoms with Gasteiger partial charge in [0.1, 0.15) is 17.1 Å². The Morgan fingerprint density at radius 2 is 1.92 bits per heavy atom. The molecule has 1 aliphatic rings. The first-order valence-electron chi connectivity index (χ1n) is 7.60. The first-order chi connectivity index (χ1) is 12.5. The number of ether oxygens (including phenoxy) is 3. The molecule has 0 bridgehead atoms. The first-order valence-corrected chi connectivity index (χ1v) is 7.60. The summed E-state index contributed by atoms with van der Waals surface area (Å²) < 4.78 is 21.2. The van der Waals surface area contributed by atoms with Crippen molar-refractivity contribution in [2.45, 2.75) is 13.2 Å². The largest absolute Gasteiger partial charge is 0.504 e. The van der Waals surface area contributed by atoms with Crippen molar-refractivity contribution < 1.29 is 33.6 Å². The molecular formula is C18H16O8. The van der Waals surface area contributed by atoms with Crippen molar-refractivity contribution in [1.82, 2.24) is 0 Å². The van der Waals surface area contributed by atoms with Crippen molar-refractivity contribution in [2.75, 3.05) is 14.2 Å². The van der Waals surface area contributed by atoms with Gasteiger partial charge in [0.2, 0.25) is 12.0 Å². The molecule has 0 radical (unpaired) electrons. The minimum atomic E-state index is -1.11. The number of hydrogen-bond donors (Lipinski definition) is 2. The number of aldehydes is 1. The molecule has 0 saturated heterocycles. The van der Waals surface area contributed by atoms with E-state index in [1.165, 1.54) is 20.3 Å². The van der Waals surface area contributed by atoms with Crippen molar-refractivity contribution in [2.24, 2.45) is 0 Å². The van der Waals surface area contributed by atoms with Gasteiger partial charge >= 0.3 is 5.63 Å². The number of allylic oxidation sites excluding steroid dienone is 1. The quantitative estimate of drug-likeness (QED) is 0.631. The molecule has 26 heavy (non-hydrogen) atoms. The minimum Gasteiger partial charge on any atom is -0.504 e. The zero-order valence-corrected chi connectivity index (χ0v) is 14.2. The number of carbonyl (C=O) groups is 1. The Labute approximate surface area is 147 Å². The number of fused-ring (bicyclic) bond motifs is 3. The van der Waals surface area contributed by atoms with E-state index in [4.69, 9.17) is 18.6 Å². The van der Waals surface area contributed by atoms with Gasteiger partial charge in [-0.25, -0.2) is 4.79 Å². The van der Waals surface area contributed by atoms with Gasteiger partial charge in [-0.05, 0) is 13.0 Å². The lowest BCUT2D eigenvalue weighted by Gasteiger charge is -2.29. The molecule has 0 amide bonds. The summed E-state index contributed by atoms with van der Waals surface area (Å²) in [6.45, 7) is 1.75. The Morgan fingerprint density at radius 3 is 2.50 bits per heavy atom. The van der Waals surface area contributed by atoms with E-state index in [1.807, 2.05) is 0 Å². The van der Waals surface area contributed by atoms with Crippen LogP contribution in [0.1, 0.15) is 34.9 Å². The van der Waals surface area contributed by atoms with Crippen LogP contribution in [0.2, 0.25) is 0 Å². The highest BCUT2D eigenvalue weighted by Crippen LogP contribution is 2.53. The van der Waals surface area contributed by atoms with Crippen molar-refractivity contribution in [3.05, 3.63) is 39.4 Å². The molecule has 1 aliphatic heterocycles. The third-order valence-electron chi connectivity index (χ3n) is 4.00. The standard InChI is InChI=1S/C18H16O8/c1-4-5-8-6-10-12(17(22)25-8)13-11(18(24-3)26-10)9(7-19)16(23-2)15(21)14(13)20/h4-7,18,20-21H,1-3H3/b5-4+/t18-/m1/s1. The second-order valence-corrected chi connectivity index (χ2v) is 5.41. The molecule has 0 fully saturated rings. The van der Waals surface area contributed by atoms with E-state index >= 15 is 0 Å². The summed E-state index contributed by atoms with van der Waals surface area (Å²) in [5.41, 5.74) is -1.07. The molecule has 1 aromatic heterocycles. The van der Waals surface area contributed by atoms with Crippen LogP contribution >= 0.6 is 0 Å². The third-order valence-corrected chi connectivity index (χ3v) is 4.00. The molecular weight excluding hydrogens is 344 g/mol. The Balaban J connectivity index is 2.46. The van der Waals surface area contributed by atoms with Crippen molar-refractivity contribution >= 4 is 12.4 Å². The summed E-state index contributed by atoms with van der Waals surface area (Å²) in [4.78, 5) is 24.1. The smallest absolute Gasteiger partial charge is 0.348 e. The van der Waals surface area contributed by atoms with Crippen LogP contribution in [0.15, 0.2) is 21.4 Å². The van der Waals surface area contributed by atoms with Crippen LogP contribution in [0.4, 0.5) is 0 Å². The van der Waals surface area contributed by atoms with Crippen LogP contribution < -0.4 is 15.1 Å². The highest BCUT2D eigenvalue weighted by molar-refractivity contribution is 5.94. The number of phenolic OH excluding ortho intramolecular Hbond substituents is 2. The number of aromatic hydroxyl groups is 2. The first kappa shape index (κ1) is 17.6. The van der Waals surface area contributed by atoms with Crippen LogP contribution in [0.25, 0.3) is 17.2 Å². The number of methoxy groups -OCH3 is 2. The summed E-state index contributed by atoms with van der Waals surface area (Å²) in [5.74, 6) is -1.24. The maximum atomic E-state index is 12.5. The monoisotopic (exact) mass is 360 g/mol. The molecule has 8 nitrogen and oxygen atoms in total. The van der Waals surface area contributed by atoms with E-state index < -0.39 is 23.4 Å². The molecule has 2 N–H and O–H groups in total. The summed E-state index contributed by atoms with van der Waals surface area (Å²) >= 11 is 0. The summed E-state index contributed by atoms with van der Waals surface area (Å²) in [6.07, 6.45) is 2.55. The molecule has 1 atom stereocenters. The summed E-state index contributed by atoms with van der Waals surface area (Å²) in [7, 11) is 2.56. The Hall–Kier alpha value is -3.26. The second kappa shape index (κ2) is 6.57. The average molecular weight is 360 g/mol. The fraction of sp³-hybridized carbons (Fsp3) is 0.222. The normalized spacial score (nSPS) is 15.3. The zero-order chi connectivity index (χ0) is 19.0.